The Bertz CT molecular complexity index is 492. The van der Waals surface area contributed by atoms with Gasteiger partial charge in [-0.2, -0.15) is 0 Å². The Kier molecular flexibility index (Phi) is 5.20. The van der Waals surface area contributed by atoms with Crippen molar-refractivity contribution in [2.45, 2.75) is 0 Å². The quantitative estimate of drug-likeness (QED) is 0.656. The number of nitro benzene ring substituents is 1. The van der Waals surface area contributed by atoms with E-state index in [0.717, 1.165) is 18.2 Å². The molecule has 19 heavy (non-hydrogen) atoms. The summed E-state index contributed by atoms with van der Waals surface area (Å²) in [5.41, 5.74) is -0.480. The van der Waals surface area contributed by atoms with E-state index in [4.69, 9.17) is 0 Å². The predicted octanol–water partition coefficient (Wildman–Crippen LogP) is 1.20. The number of hydrogen-bond donors (Lipinski definition) is 1. The van der Waals surface area contributed by atoms with Crippen LogP contribution in [0.4, 0.5) is 10.1 Å². The second-order valence-corrected chi connectivity index (χ2v) is 3.96. The summed E-state index contributed by atoms with van der Waals surface area (Å²) in [5, 5.41) is 13.6. The molecule has 0 aliphatic carbocycles. The highest BCUT2D eigenvalue weighted by atomic mass is 35.5. The van der Waals surface area contributed by atoms with Crippen LogP contribution in [0.1, 0.15) is 10.4 Å². The summed E-state index contributed by atoms with van der Waals surface area (Å²) in [5.74, 6) is -1.28. The molecule has 0 saturated carbocycles. The maximum Gasteiger partial charge on any atom is 0.272 e. The molecule has 1 fully saturated rings. The molecule has 104 valence electrons. The zero-order valence-electron chi connectivity index (χ0n) is 9.97. The van der Waals surface area contributed by atoms with E-state index >= 15 is 0 Å². The van der Waals surface area contributed by atoms with Crippen LogP contribution >= 0.6 is 12.4 Å². The van der Waals surface area contributed by atoms with Gasteiger partial charge in [0.1, 0.15) is 5.82 Å². The normalized spacial score (nSPS) is 14.7. The van der Waals surface area contributed by atoms with Crippen molar-refractivity contribution < 1.29 is 14.1 Å². The molecule has 1 aliphatic rings. The second-order valence-electron chi connectivity index (χ2n) is 3.96. The van der Waals surface area contributed by atoms with E-state index in [1.807, 2.05) is 0 Å². The van der Waals surface area contributed by atoms with Gasteiger partial charge in [0.05, 0.1) is 16.6 Å². The number of nitrogens with one attached hydrogen (secondary N) is 1. The first-order valence-electron chi connectivity index (χ1n) is 5.53. The fraction of sp³-hybridized carbons (Fsp3) is 0.364. The van der Waals surface area contributed by atoms with Crippen molar-refractivity contribution in [3.63, 3.8) is 0 Å². The largest absolute Gasteiger partial charge is 0.336 e. The van der Waals surface area contributed by atoms with E-state index in [9.17, 15) is 19.3 Å². The lowest BCUT2D eigenvalue weighted by molar-refractivity contribution is -0.385. The van der Waals surface area contributed by atoms with E-state index < -0.39 is 16.6 Å². The maximum absolute atomic E-state index is 13.6. The monoisotopic (exact) mass is 289 g/mol. The van der Waals surface area contributed by atoms with E-state index in [-0.39, 0.29) is 23.7 Å². The number of nitrogens with zero attached hydrogens (tertiary/aromatic N) is 2. The minimum Gasteiger partial charge on any atom is -0.336 e. The van der Waals surface area contributed by atoms with Gasteiger partial charge < -0.3 is 10.2 Å². The number of carbonyl (C=O) groups is 1. The van der Waals surface area contributed by atoms with Crippen molar-refractivity contribution in [2.24, 2.45) is 0 Å². The van der Waals surface area contributed by atoms with Crippen LogP contribution in [-0.4, -0.2) is 41.9 Å². The minimum absolute atomic E-state index is 0. The van der Waals surface area contributed by atoms with Crippen LogP contribution in [-0.2, 0) is 0 Å². The molecule has 1 aromatic carbocycles. The topological polar surface area (TPSA) is 75.5 Å². The molecule has 1 aliphatic heterocycles. The lowest BCUT2D eigenvalue weighted by Gasteiger charge is -2.27. The minimum atomic E-state index is -0.854. The summed E-state index contributed by atoms with van der Waals surface area (Å²) >= 11 is 0. The van der Waals surface area contributed by atoms with E-state index in [0.29, 0.717) is 26.2 Å². The maximum atomic E-state index is 13.6. The standard InChI is InChI=1S/C11H12FN3O3.ClH/c12-10-7-8(15(17)18)1-2-9(10)11(16)14-5-3-13-4-6-14;/h1-2,7,13H,3-6H2;1H. The number of carbonyl (C=O) groups excluding carboxylic acids is 1. The molecule has 0 atom stereocenters. The molecule has 1 amide bonds. The molecule has 1 heterocycles. The Morgan fingerprint density at radius 3 is 2.53 bits per heavy atom. The Balaban J connectivity index is 0.00000180. The highest BCUT2D eigenvalue weighted by Crippen LogP contribution is 2.18. The molecule has 6 nitrogen and oxygen atoms in total. The van der Waals surface area contributed by atoms with E-state index in [1.165, 1.54) is 4.90 Å². The average Bonchev–Trinajstić information content (AvgIpc) is 2.38. The molecule has 1 saturated heterocycles. The number of hydrogen-bond acceptors (Lipinski definition) is 4. The van der Waals surface area contributed by atoms with Gasteiger partial charge in [-0.25, -0.2) is 4.39 Å². The Morgan fingerprint density at radius 1 is 1.37 bits per heavy atom. The SMILES string of the molecule is Cl.O=C(c1ccc([N+](=O)[O-])cc1F)N1CCNCC1. The number of benzene rings is 1. The molecule has 0 unspecified atom stereocenters. The van der Waals surface area contributed by atoms with Gasteiger partial charge >= 0.3 is 0 Å². The number of rotatable bonds is 2. The van der Waals surface area contributed by atoms with E-state index in [1.54, 1.807) is 0 Å². The van der Waals surface area contributed by atoms with Crippen LogP contribution < -0.4 is 5.32 Å². The second kappa shape index (κ2) is 6.44. The van der Waals surface area contributed by atoms with Gasteiger partial charge in [0.25, 0.3) is 11.6 Å². The zero-order chi connectivity index (χ0) is 13.1. The van der Waals surface area contributed by atoms with Gasteiger partial charge in [0, 0.05) is 32.2 Å². The first-order valence-corrected chi connectivity index (χ1v) is 5.53. The lowest BCUT2D eigenvalue weighted by Crippen LogP contribution is -2.46. The van der Waals surface area contributed by atoms with Crippen molar-refractivity contribution in [1.82, 2.24) is 10.2 Å². The summed E-state index contributed by atoms with van der Waals surface area (Å²) in [6, 6.07) is 3.08. The number of nitro groups is 1. The van der Waals surface area contributed by atoms with Crippen molar-refractivity contribution in [3.8, 4) is 0 Å². The fourth-order valence-corrected chi connectivity index (χ4v) is 1.83. The van der Waals surface area contributed by atoms with E-state index in [2.05, 4.69) is 5.32 Å². The number of halogens is 2. The average molecular weight is 290 g/mol. The lowest BCUT2D eigenvalue weighted by atomic mass is 10.1. The van der Waals surface area contributed by atoms with Crippen LogP contribution in [0.15, 0.2) is 18.2 Å². The van der Waals surface area contributed by atoms with Gasteiger partial charge in [-0.05, 0) is 6.07 Å². The Hall–Kier alpha value is -1.73. The van der Waals surface area contributed by atoms with Crippen molar-refractivity contribution in [3.05, 3.63) is 39.7 Å². The van der Waals surface area contributed by atoms with Crippen LogP contribution in [0, 0.1) is 15.9 Å². The molecule has 0 aromatic heterocycles. The zero-order valence-corrected chi connectivity index (χ0v) is 10.8. The smallest absolute Gasteiger partial charge is 0.272 e. The predicted molar refractivity (Wildman–Crippen MR) is 69.1 cm³/mol. The van der Waals surface area contributed by atoms with Gasteiger partial charge in [-0.3, -0.25) is 14.9 Å². The number of non-ortho nitro benzene ring substituents is 1. The molecular weight excluding hydrogens is 277 g/mol. The molecule has 0 radical (unpaired) electrons. The first kappa shape index (κ1) is 15.3. The van der Waals surface area contributed by atoms with Crippen LogP contribution in [0.3, 0.4) is 0 Å². The summed E-state index contributed by atoms with van der Waals surface area (Å²) in [4.78, 5) is 23.3. The van der Waals surface area contributed by atoms with Crippen LogP contribution in [0.25, 0.3) is 0 Å². The summed E-state index contributed by atoms with van der Waals surface area (Å²) in [7, 11) is 0. The van der Waals surface area contributed by atoms with Crippen molar-refractivity contribution >= 4 is 24.0 Å². The van der Waals surface area contributed by atoms with Gasteiger partial charge in [0.15, 0.2) is 0 Å². The first-order chi connectivity index (χ1) is 8.59. The van der Waals surface area contributed by atoms with Crippen LogP contribution in [0.2, 0.25) is 0 Å². The highest BCUT2D eigenvalue weighted by molar-refractivity contribution is 5.94. The van der Waals surface area contributed by atoms with Gasteiger partial charge in [-0.1, -0.05) is 0 Å². The molecule has 8 heteroatoms. The van der Waals surface area contributed by atoms with Crippen molar-refractivity contribution in [2.75, 3.05) is 26.2 Å². The molecule has 1 N–H and O–H groups in total. The summed E-state index contributed by atoms with van der Waals surface area (Å²) < 4.78 is 13.6. The van der Waals surface area contributed by atoms with Gasteiger partial charge in [-0.15, -0.1) is 12.4 Å². The third kappa shape index (κ3) is 3.39. The summed E-state index contributed by atoms with van der Waals surface area (Å²) in [6.45, 7) is 2.35. The number of piperazine rings is 1. The van der Waals surface area contributed by atoms with Gasteiger partial charge in [0.2, 0.25) is 0 Å². The Labute approximate surface area is 115 Å². The number of amides is 1. The summed E-state index contributed by atoms with van der Waals surface area (Å²) in [6.07, 6.45) is 0. The highest BCUT2D eigenvalue weighted by Gasteiger charge is 2.22. The van der Waals surface area contributed by atoms with Crippen molar-refractivity contribution in [1.29, 1.82) is 0 Å². The molecule has 1 aromatic rings. The third-order valence-electron chi connectivity index (χ3n) is 2.80. The van der Waals surface area contributed by atoms with Crippen LogP contribution in [0.5, 0.6) is 0 Å². The molecule has 2 rings (SSSR count). The Morgan fingerprint density at radius 2 is 2.00 bits per heavy atom. The molecule has 0 bridgehead atoms. The molecule has 0 spiro atoms. The fourth-order valence-electron chi connectivity index (χ4n) is 1.83. The molecular formula is C11H13ClFN3O3. The third-order valence-corrected chi connectivity index (χ3v) is 2.80.